The monoisotopic (exact) mass is 496 g/mol. The molecule has 2 rings (SSSR count). The number of halogens is 2. The average Bonchev–Trinajstić information content (AvgIpc) is 3.07. The summed E-state index contributed by atoms with van der Waals surface area (Å²) >= 11 is 6.28. The first-order chi connectivity index (χ1) is 12.1. The normalized spacial score (nSPS) is 17.7. The van der Waals surface area contributed by atoms with Crippen LogP contribution in [-0.4, -0.2) is 50.3 Å². The summed E-state index contributed by atoms with van der Waals surface area (Å²) in [6.07, 6.45) is 2.46. The van der Waals surface area contributed by atoms with Gasteiger partial charge in [-0.25, -0.2) is 4.99 Å². The van der Waals surface area contributed by atoms with Crippen LogP contribution in [0.3, 0.4) is 0 Å². The number of nitrogens with one attached hydrogen (secondary N) is 1. The number of likely N-dealkylation sites (N-methyl/N-ethyl adjacent to an activating group) is 1. The Morgan fingerprint density at radius 1 is 1.42 bits per heavy atom. The summed E-state index contributed by atoms with van der Waals surface area (Å²) < 4.78 is 10.9. The molecule has 1 aromatic carbocycles. The van der Waals surface area contributed by atoms with Gasteiger partial charge in [0, 0.05) is 12.6 Å². The number of nitrogens with two attached hydrogens (primary N) is 1. The largest absolute Gasteiger partial charge is 0.493 e. The van der Waals surface area contributed by atoms with Crippen LogP contribution < -0.4 is 20.5 Å². The molecule has 1 aliphatic heterocycles. The van der Waals surface area contributed by atoms with E-state index in [0.29, 0.717) is 41.7 Å². The second kappa shape index (κ2) is 11.7. The van der Waals surface area contributed by atoms with Gasteiger partial charge in [0.1, 0.15) is 0 Å². The zero-order valence-corrected chi connectivity index (χ0v) is 18.8. The lowest BCUT2D eigenvalue weighted by atomic mass is 10.2. The molecule has 0 aromatic heterocycles. The average molecular weight is 497 g/mol. The second-order valence-corrected chi connectivity index (χ2v) is 6.46. The number of aliphatic imine (C=N–C) groups is 1. The summed E-state index contributed by atoms with van der Waals surface area (Å²) in [5.74, 6) is 1.62. The molecule has 8 heteroatoms. The second-order valence-electron chi connectivity index (χ2n) is 6.05. The SMILES string of the molecule is CCOc1c(Cl)cc(CN=C(N)NCC2CCCN2CC)cc1OC.I. The van der Waals surface area contributed by atoms with Crippen molar-refractivity contribution in [3.63, 3.8) is 0 Å². The first kappa shape index (κ1) is 23.1. The summed E-state index contributed by atoms with van der Waals surface area (Å²) in [5, 5.41) is 3.75. The molecule has 1 aromatic rings. The van der Waals surface area contributed by atoms with Crippen LogP contribution in [0.4, 0.5) is 0 Å². The van der Waals surface area contributed by atoms with E-state index in [4.69, 9.17) is 26.8 Å². The molecule has 1 atom stereocenters. The maximum absolute atomic E-state index is 6.28. The van der Waals surface area contributed by atoms with Gasteiger partial charge in [-0.15, -0.1) is 24.0 Å². The molecule has 1 aliphatic rings. The van der Waals surface area contributed by atoms with Crippen molar-refractivity contribution in [1.29, 1.82) is 0 Å². The third kappa shape index (κ3) is 6.35. The molecule has 1 fully saturated rings. The topological polar surface area (TPSA) is 72.1 Å². The number of hydrogen-bond donors (Lipinski definition) is 2. The predicted octanol–water partition coefficient (Wildman–Crippen LogP) is 3.25. The van der Waals surface area contributed by atoms with Gasteiger partial charge in [0.2, 0.25) is 0 Å². The van der Waals surface area contributed by atoms with E-state index in [2.05, 4.69) is 22.1 Å². The fourth-order valence-corrected chi connectivity index (χ4v) is 3.43. The highest BCUT2D eigenvalue weighted by Crippen LogP contribution is 2.36. The van der Waals surface area contributed by atoms with E-state index in [1.807, 2.05) is 19.1 Å². The minimum absolute atomic E-state index is 0. The zero-order valence-electron chi connectivity index (χ0n) is 15.8. The molecule has 1 unspecified atom stereocenters. The van der Waals surface area contributed by atoms with Crippen molar-refractivity contribution in [1.82, 2.24) is 10.2 Å². The summed E-state index contributed by atoms with van der Waals surface area (Å²) in [7, 11) is 1.60. The summed E-state index contributed by atoms with van der Waals surface area (Å²) in [6, 6.07) is 4.25. The minimum atomic E-state index is 0. The van der Waals surface area contributed by atoms with Crippen LogP contribution in [0.2, 0.25) is 5.02 Å². The Bertz CT molecular complexity index is 601. The maximum Gasteiger partial charge on any atom is 0.188 e. The van der Waals surface area contributed by atoms with Gasteiger partial charge in [-0.3, -0.25) is 4.90 Å². The summed E-state index contributed by atoms with van der Waals surface area (Å²) in [4.78, 5) is 6.88. The van der Waals surface area contributed by atoms with Crippen molar-refractivity contribution < 1.29 is 9.47 Å². The lowest BCUT2D eigenvalue weighted by molar-refractivity contribution is 0.267. The number of likely N-dealkylation sites (tertiary alicyclic amines) is 1. The maximum atomic E-state index is 6.28. The predicted molar refractivity (Wildman–Crippen MR) is 118 cm³/mol. The van der Waals surface area contributed by atoms with Gasteiger partial charge >= 0.3 is 0 Å². The van der Waals surface area contributed by atoms with Crippen LogP contribution in [0, 0.1) is 0 Å². The third-order valence-corrected chi connectivity index (χ3v) is 4.71. The summed E-state index contributed by atoms with van der Waals surface area (Å²) in [5.41, 5.74) is 6.93. The Balaban J connectivity index is 0.00000338. The van der Waals surface area contributed by atoms with Crippen LogP contribution in [0.25, 0.3) is 0 Å². The molecule has 0 bridgehead atoms. The van der Waals surface area contributed by atoms with Gasteiger partial charge in [0.25, 0.3) is 0 Å². The number of rotatable bonds is 8. The van der Waals surface area contributed by atoms with Crippen LogP contribution in [-0.2, 0) is 6.54 Å². The highest BCUT2D eigenvalue weighted by Gasteiger charge is 2.22. The molecule has 6 nitrogen and oxygen atoms in total. The van der Waals surface area contributed by atoms with Crippen LogP contribution in [0.15, 0.2) is 17.1 Å². The molecule has 0 spiro atoms. The molecule has 0 amide bonds. The fraction of sp³-hybridized carbons (Fsp3) is 0.611. The van der Waals surface area contributed by atoms with E-state index < -0.39 is 0 Å². The van der Waals surface area contributed by atoms with Crippen molar-refractivity contribution in [2.45, 2.75) is 39.3 Å². The Hall–Kier alpha value is -0.930. The summed E-state index contributed by atoms with van der Waals surface area (Å²) in [6.45, 7) is 8.14. The third-order valence-electron chi connectivity index (χ3n) is 4.43. The first-order valence-electron chi connectivity index (χ1n) is 8.86. The van der Waals surface area contributed by atoms with E-state index in [0.717, 1.165) is 18.7 Å². The number of ether oxygens (including phenoxy) is 2. The number of methoxy groups -OCH3 is 1. The highest BCUT2D eigenvalue weighted by atomic mass is 127. The molecule has 1 heterocycles. The standard InChI is InChI=1S/C18H29ClN4O2.HI/c1-4-23-8-6-7-14(23)12-22-18(20)21-11-13-9-15(19)17(25-5-2)16(10-13)24-3;/h9-10,14H,4-8,11-12H2,1-3H3,(H3,20,21,22);1H. The first-order valence-corrected chi connectivity index (χ1v) is 9.23. The lowest BCUT2D eigenvalue weighted by Gasteiger charge is -2.23. The van der Waals surface area contributed by atoms with Gasteiger partial charge in [0.05, 0.1) is 25.3 Å². The van der Waals surface area contributed by atoms with E-state index in [-0.39, 0.29) is 24.0 Å². The van der Waals surface area contributed by atoms with Gasteiger partial charge < -0.3 is 20.5 Å². The van der Waals surface area contributed by atoms with Crippen LogP contribution >= 0.6 is 35.6 Å². The van der Waals surface area contributed by atoms with Crippen molar-refractivity contribution in [2.75, 3.05) is 33.4 Å². The van der Waals surface area contributed by atoms with Crippen molar-refractivity contribution in [3.8, 4) is 11.5 Å². The van der Waals surface area contributed by atoms with Crippen molar-refractivity contribution >= 4 is 41.5 Å². The number of guanidine groups is 1. The molecular weight excluding hydrogens is 467 g/mol. The molecule has 3 N–H and O–H groups in total. The molecule has 0 radical (unpaired) electrons. The van der Waals surface area contributed by atoms with Gasteiger partial charge in [-0.2, -0.15) is 0 Å². The number of benzene rings is 1. The van der Waals surface area contributed by atoms with Gasteiger partial charge in [-0.1, -0.05) is 18.5 Å². The Morgan fingerprint density at radius 3 is 2.85 bits per heavy atom. The minimum Gasteiger partial charge on any atom is -0.493 e. The number of hydrogen-bond acceptors (Lipinski definition) is 4. The highest BCUT2D eigenvalue weighted by molar-refractivity contribution is 14.0. The molecule has 148 valence electrons. The van der Waals surface area contributed by atoms with E-state index >= 15 is 0 Å². The Morgan fingerprint density at radius 2 is 2.19 bits per heavy atom. The Labute approximate surface area is 178 Å². The van der Waals surface area contributed by atoms with Crippen molar-refractivity contribution in [2.24, 2.45) is 10.7 Å². The fourth-order valence-electron chi connectivity index (χ4n) is 3.15. The number of nitrogens with zero attached hydrogens (tertiary/aromatic N) is 2. The van der Waals surface area contributed by atoms with E-state index in [9.17, 15) is 0 Å². The molecule has 1 saturated heterocycles. The van der Waals surface area contributed by atoms with Gasteiger partial charge in [-0.05, 0) is 50.6 Å². The van der Waals surface area contributed by atoms with Gasteiger partial charge in [0.15, 0.2) is 17.5 Å². The lowest BCUT2D eigenvalue weighted by Crippen LogP contribution is -2.42. The smallest absolute Gasteiger partial charge is 0.188 e. The van der Waals surface area contributed by atoms with E-state index in [1.165, 1.54) is 19.4 Å². The molecule has 0 saturated carbocycles. The van der Waals surface area contributed by atoms with E-state index in [1.54, 1.807) is 7.11 Å². The quantitative estimate of drug-likeness (QED) is 0.328. The van der Waals surface area contributed by atoms with Crippen molar-refractivity contribution in [3.05, 3.63) is 22.7 Å². The zero-order chi connectivity index (χ0) is 18.2. The molecular formula is C18H30ClIN4O2. The molecule has 0 aliphatic carbocycles. The molecule has 26 heavy (non-hydrogen) atoms. The van der Waals surface area contributed by atoms with Crippen LogP contribution in [0.5, 0.6) is 11.5 Å². The Kier molecular flexibility index (Phi) is 10.4. The van der Waals surface area contributed by atoms with Crippen LogP contribution in [0.1, 0.15) is 32.3 Å².